The summed E-state index contributed by atoms with van der Waals surface area (Å²) in [5.74, 6) is -1.60. The van der Waals surface area contributed by atoms with Crippen LogP contribution in [-0.2, 0) is 6.54 Å². The molecule has 15 heteroatoms. The van der Waals surface area contributed by atoms with Crippen LogP contribution in [0, 0.1) is 9.54 Å². The second-order valence-corrected chi connectivity index (χ2v) is 14.2. The van der Waals surface area contributed by atoms with E-state index in [4.69, 9.17) is 38.6 Å². The number of aromatic hydroxyl groups is 1. The van der Waals surface area contributed by atoms with E-state index in [0.29, 0.717) is 35.0 Å². The first-order valence-electron chi connectivity index (χ1n) is 18.0. The van der Waals surface area contributed by atoms with Crippen molar-refractivity contribution in [1.82, 2.24) is 24.1 Å². The minimum Gasteiger partial charge on any atom is -0.859 e. The summed E-state index contributed by atoms with van der Waals surface area (Å²) < 4.78 is 19.1. The molecular formula is C41H40N6O7S2. The van der Waals surface area contributed by atoms with Crippen molar-refractivity contribution >= 4 is 24.4 Å². The molecule has 1 saturated heterocycles. The van der Waals surface area contributed by atoms with Gasteiger partial charge in [0.05, 0.1) is 50.7 Å². The summed E-state index contributed by atoms with van der Waals surface area (Å²) in [7, 11) is 4.50. The zero-order valence-corrected chi connectivity index (χ0v) is 32.5. The van der Waals surface area contributed by atoms with Crippen LogP contribution in [-0.4, -0.2) is 57.1 Å². The van der Waals surface area contributed by atoms with E-state index in [9.17, 15) is 19.8 Å². The van der Waals surface area contributed by atoms with Gasteiger partial charge in [-0.05, 0) is 91.2 Å². The Labute approximate surface area is 332 Å². The number of likely N-dealkylation sites (tertiary alicyclic amines) is 1. The number of pyridine rings is 1. The second kappa shape index (κ2) is 16.4. The van der Waals surface area contributed by atoms with Crippen LogP contribution in [0.4, 0.5) is 0 Å². The lowest BCUT2D eigenvalue weighted by molar-refractivity contribution is -0.950. The fourth-order valence-electron chi connectivity index (χ4n) is 7.77. The third-order valence-electron chi connectivity index (χ3n) is 10.3. The van der Waals surface area contributed by atoms with Gasteiger partial charge in [0, 0.05) is 35.5 Å². The Morgan fingerprint density at radius 3 is 2.11 bits per heavy atom. The van der Waals surface area contributed by atoms with Crippen molar-refractivity contribution in [3.63, 3.8) is 0 Å². The van der Waals surface area contributed by atoms with Crippen molar-refractivity contribution in [2.24, 2.45) is 0 Å². The molecule has 1 aliphatic heterocycles. The van der Waals surface area contributed by atoms with Crippen molar-refractivity contribution in [1.29, 1.82) is 0 Å². The van der Waals surface area contributed by atoms with Gasteiger partial charge in [-0.2, -0.15) is 0 Å². The SMILES string of the molecule is COc1ccc(C(c2c([O-])n(-c3ccccc3OC)c(=S)[nH]c2=O)c2c(O)n(-c3ccccc3OC)c(=S)[nH]c2=O)cc1C[NH+]1CCCCC1c1cccnc1. The maximum Gasteiger partial charge on any atom is 0.259 e. The topological polar surface area (TPSA) is 164 Å². The molecule has 0 radical (unpaired) electrons. The molecule has 3 aromatic carbocycles. The highest BCUT2D eigenvalue weighted by Gasteiger charge is 2.33. The number of ether oxygens (including phenoxy) is 3. The number of quaternary nitrogens is 1. The Kier molecular flexibility index (Phi) is 11.2. The zero-order valence-electron chi connectivity index (χ0n) is 30.9. The molecule has 4 heterocycles. The van der Waals surface area contributed by atoms with Gasteiger partial charge in [0.25, 0.3) is 11.1 Å². The molecule has 13 nitrogen and oxygen atoms in total. The lowest BCUT2D eigenvalue weighted by Gasteiger charge is -2.33. The van der Waals surface area contributed by atoms with Gasteiger partial charge in [0.2, 0.25) is 5.88 Å². The van der Waals surface area contributed by atoms with E-state index in [0.717, 1.165) is 41.5 Å². The molecule has 0 bridgehead atoms. The molecule has 1 aliphatic rings. The second-order valence-electron chi connectivity index (χ2n) is 13.4. The fourth-order valence-corrected chi connectivity index (χ4v) is 8.32. The summed E-state index contributed by atoms with van der Waals surface area (Å²) in [5, 5.41) is 27.1. The number of nitrogens with one attached hydrogen (secondary N) is 3. The monoisotopic (exact) mass is 792 g/mol. The number of methoxy groups -OCH3 is 3. The molecule has 0 saturated carbocycles. The highest BCUT2D eigenvalue weighted by atomic mass is 32.1. The summed E-state index contributed by atoms with van der Waals surface area (Å²) in [6, 6.07) is 23.0. The number of benzene rings is 3. The third-order valence-corrected chi connectivity index (χ3v) is 10.9. The van der Waals surface area contributed by atoms with E-state index < -0.39 is 28.8 Å². The maximum atomic E-state index is 14.9. The number of H-pyrrole nitrogens is 2. The zero-order chi connectivity index (χ0) is 39.5. The van der Waals surface area contributed by atoms with Crippen molar-refractivity contribution in [3.05, 3.63) is 149 Å². The van der Waals surface area contributed by atoms with Crippen LogP contribution < -0.4 is 35.3 Å². The average Bonchev–Trinajstić information content (AvgIpc) is 3.21. The predicted molar refractivity (Wildman–Crippen MR) is 213 cm³/mol. The Balaban J connectivity index is 1.50. The molecule has 0 spiro atoms. The van der Waals surface area contributed by atoms with Crippen LogP contribution in [0.2, 0.25) is 0 Å². The number of piperidine rings is 1. The van der Waals surface area contributed by atoms with Crippen LogP contribution in [0.5, 0.6) is 29.0 Å². The van der Waals surface area contributed by atoms with Gasteiger partial charge in [-0.1, -0.05) is 36.4 Å². The quantitative estimate of drug-likeness (QED) is 0.134. The number of rotatable bonds is 11. The first-order chi connectivity index (χ1) is 27.2. The third kappa shape index (κ3) is 7.11. The van der Waals surface area contributed by atoms with Gasteiger partial charge >= 0.3 is 0 Å². The van der Waals surface area contributed by atoms with Gasteiger partial charge in [-0.25, -0.2) is 0 Å². The largest absolute Gasteiger partial charge is 0.859 e. The summed E-state index contributed by atoms with van der Waals surface area (Å²) in [4.78, 5) is 39.4. The van der Waals surface area contributed by atoms with Gasteiger partial charge in [-0.15, -0.1) is 0 Å². The van der Waals surface area contributed by atoms with E-state index >= 15 is 0 Å². The van der Waals surface area contributed by atoms with Crippen LogP contribution in [0.25, 0.3) is 11.4 Å². The molecule has 3 atom stereocenters. The van der Waals surface area contributed by atoms with Crippen LogP contribution in [0.1, 0.15) is 59.0 Å². The number of nitrogens with zero attached hydrogens (tertiary/aromatic N) is 3. The number of aromatic amines is 2. The number of aromatic nitrogens is 5. The molecule has 56 heavy (non-hydrogen) atoms. The number of para-hydroxylation sites is 4. The minimum atomic E-state index is -1.45. The molecule has 4 N–H and O–H groups in total. The fraction of sp³-hybridized carbons (Fsp3) is 0.244. The first-order valence-corrected chi connectivity index (χ1v) is 18.8. The lowest BCUT2D eigenvalue weighted by Crippen LogP contribution is -3.11. The van der Waals surface area contributed by atoms with E-state index in [-0.39, 0.29) is 32.4 Å². The van der Waals surface area contributed by atoms with Crippen molar-refractivity contribution in [2.75, 3.05) is 27.9 Å². The van der Waals surface area contributed by atoms with Gasteiger partial charge in [-0.3, -0.25) is 33.7 Å². The lowest BCUT2D eigenvalue weighted by atomic mass is 9.85. The van der Waals surface area contributed by atoms with Gasteiger partial charge < -0.3 is 29.3 Å². The predicted octanol–water partition coefficient (Wildman–Crippen LogP) is 4.79. The Morgan fingerprint density at radius 1 is 0.839 bits per heavy atom. The van der Waals surface area contributed by atoms with Crippen LogP contribution >= 0.6 is 24.4 Å². The average molecular weight is 793 g/mol. The Bertz CT molecular complexity index is 2510. The van der Waals surface area contributed by atoms with Crippen molar-refractivity contribution < 1.29 is 29.3 Å². The van der Waals surface area contributed by atoms with Gasteiger partial charge in [0.1, 0.15) is 29.8 Å². The van der Waals surface area contributed by atoms with E-state index in [1.165, 1.54) is 23.7 Å². The summed E-state index contributed by atoms with van der Waals surface area (Å²) in [6.45, 7) is 1.41. The molecular weight excluding hydrogens is 753 g/mol. The number of hydrogen-bond acceptors (Lipinski definition) is 10. The molecule has 3 unspecified atom stereocenters. The highest BCUT2D eigenvalue weighted by molar-refractivity contribution is 7.71. The molecule has 0 amide bonds. The molecule has 6 aromatic rings. The van der Waals surface area contributed by atoms with E-state index in [1.807, 2.05) is 18.3 Å². The maximum absolute atomic E-state index is 14.9. The molecule has 0 aliphatic carbocycles. The Hall–Kier alpha value is -6.03. The summed E-state index contributed by atoms with van der Waals surface area (Å²) >= 11 is 11.1. The summed E-state index contributed by atoms with van der Waals surface area (Å²) in [5.41, 5.74) is 0.552. The van der Waals surface area contributed by atoms with Crippen LogP contribution in [0.3, 0.4) is 0 Å². The standard InChI is InChI=1S/C41H40N6O7S2/c1-52-30-18-17-24(21-26(30)23-45-20-9-8-12-27(45)25-11-10-19-42-22-25)33(34-36(48)43-40(55)46(38(34)50)28-13-4-6-15-31(28)53-2)35-37(49)44-41(56)47(39(35)51)29-14-5-7-16-32(29)54-3/h4-7,10-11,13-19,21-22,27,33,50-51H,8-9,12,20,23H2,1-3H3,(H,43,48,55)(H,44,49,56). The highest BCUT2D eigenvalue weighted by Crippen LogP contribution is 2.40. The van der Waals surface area contributed by atoms with E-state index in [2.05, 4.69) is 21.0 Å². The van der Waals surface area contributed by atoms with Crippen LogP contribution in [0.15, 0.2) is 101 Å². The van der Waals surface area contributed by atoms with Gasteiger partial charge in [0.15, 0.2) is 9.54 Å². The molecule has 288 valence electrons. The smallest absolute Gasteiger partial charge is 0.259 e. The Morgan fingerprint density at radius 2 is 1.46 bits per heavy atom. The van der Waals surface area contributed by atoms with Crippen molar-refractivity contribution in [3.8, 4) is 40.4 Å². The molecule has 7 rings (SSSR count). The first kappa shape index (κ1) is 38.3. The van der Waals surface area contributed by atoms with E-state index in [1.54, 1.807) is 74.0 Å². The minimum absolute atomic E-state index is 0.133. The molecule has 3 aromatic heterocycles. The summed E-state index contributed by atoms with van der Waals surface area (Å²) in [6.07, 6.45) is 6.73. The van der Waals surface area contributed by atoms with Crippen molar-refractivity contribution in [2.45, 2.75) is 37.8 Å². The molecule has 1 fully saturated rings. The number of hydrogen-bond donors (Lipinski definition) is 4. The normalized spacial score (nSPS) is 15.9.